The molecule has 1 saturated carbocycles. The van der Waals surface area contributed by atoms with Crippen LogP contribution in [0.4, 0.5) is 0 Å². The average Bonchev–Trinajstić information content (AvgIpc) is 2.65. The quantitative estimate of drug-likeness (QED) is 0.416. The second kappa shape index (κ2) is 9.07. The number of rotatable bonds is 8. The van der Waals surface area contributed by atoms with Crippen molar-refractivity contribution in [2.45, 2.75) is 98.3 Å². The fraction of sp³-hybridized carbons (Fsp3) is 0.615. The molecular formula is C26H40. The van der Waals surface area contributed by atoms with Crippen LogP contribution in [0.3, 0.4) is 0 Å². The van der Waals surface area contributed by atoms with Gasteiger partial charge in [-0.15, -0.1) is 0 Å². The van der Waals surface area contributed by atoms with Gasteiger partial charge in [0.2, 0.25) is 0 Å². The molecule has 0 N–H and O–H groups in total. The molecule has 0 saturated heterocycles. The summed E-state index contributed by atoms with van der Waals surface area (Å²) in [5.74, 6) is 0.767. The van der Waals surface area contributed by atoms with Gasteiger partial charge in [-0.25, -0.2) is 0 Å². The van der Waals surface area contributed by atoms with Gasteiger partial charge in [-0.3, -0.25) is 0 Å². The van der Waals surface area contributed by atoms with Crippen LogP contribution in [0.15, 0.2) is 36.4 Å². The molecule has 1 aliphatic rings. The highest BCUT2D eigenvalue weighted by Crippen LogP contribution is 2.47. The van der Waals surface area contributed by atoms with Crippen LogP contribution in [-0.4, -0.2) is 0 Å². The van der Waals surface area contributed by atoms with E-state index in [1.807, 2.05) is 0 Å². The minimum atomic E-state index is 0.483. The minimum absolute atomic E-state index is 0.483. The Labute approximate surface area is 162 Å². The summed E-state index contributed by atoms with van der Waals surface area (Å²) in [7, 11) is 0. The highest BCUT2D eigenvalue weighted by atomic mass is 14.4. The van der Waals surface area contributed by atoms with E-state index < -0.39 is 0 Å². The monoisotopic (exact) mass is 352 g/mol. The summed E-state index contributed by atoms with van der Waals surface area (Å²) in [6.07, 6.45) is 11.3. The lowest BCUT2D eigenvalue weighted by Gasteiger charge is -2.39. The average molecular weight is 353 g/mol. The van der Waals surface area contributed by atoms with E-state index in [0.29, 0.717) is 5.41 Å². The van der Waals surface area contributed by atoms with Crippen LogP contribution in [-0.2, 0) is 19.3 Å². The molecule has 0 unspecified atom stereocenters. The molecule has 0 spiro atoms. The second-order valence-electron chi connectivity index (χ2n) is 8.86. The lowest BCUT2D eigenvalue weighted by molar-refractivity contribution is 0.183. The van der Waals surface area contributed by atoms with E-state index in [-0.39, 0.29) is 0 Å². The molecule has 0 amide bonds. The molecule has 144 valence electrons. The van der Waals surface area contributed by atoms with Crippen LogP contribution in [0.2, 0.25) is 0 Å². The maximum Gasteiger partial charge on any atom is -0.0156 e. The van der Waals surface area contributed by atoms with E-state index >= 15 is 0 Å². The number of allylic oxidation sites excluding steroid dienone is 2. The Balaban J connectivity index is 2.12. The summed E-state index contributed by atoms with van der Waals surface area (Å²) in [6.45, 7) is 19.8. The minimum Gasteiger partial charge on any atom is -0.0959 e. The molecular weight excluding hydrogens is 312 g/mol. The summed E-state index contributed by atoms with van der Waals surface area (Å²) in [6, 6.07) is 4.97. The zero-order valence-electron chi connectivity index (χ0n) is 18.0. The van der Waals surface area contributed by atoms with Crippen LogP contribution < -0.4 is 0 Å². The highest BCUT2D eigenvalue weighted by molar-refractivity contribution is 5.42. The predicted octanol–water partition coefficient (Wildman–Crippen LogP) is 7.95. The van der Waals surface area contributed by atoms with Gasteiger partial charge < -0.3 is 0 Å². The Bertz CT molecular complexity index is 613. The van der Waals surface area contributed by atoms with Gasteiger partial charge in [0, 0.05) is 0 Å². The number of aryl methyl sites for hydroxylation is 3. The van der Waals surface area contributed by atoms with E-state index in [0.717, 1.165) is 24.3 Å². The molecule has 1 fully saturated rings. The van der Waals surface area contributed by atoms with Crippen LogP contribution in [0.25, 0.3) is 0 Å². The molecule has 0 bridgehead atoms. The fourth-order valence-corrected chi connectivity index (χ4v) is 4.68. The highest BCUT2D eigenvalue weighted by Gasteiger charge is 2.32. The molecule has 1 aliphatic carbocycles. The van der Waals surface area contributed by atoms with Crippen LogP contribution in [0.5, 0.6) is 0 Å². The molecule has 1 aromatic carbocycles. The first-order valence-corrected chi connectivity index (χ1v) is 10.8. The zero-order valence-corrected chi connectivity index (χ0v) is 18.0. The van der Waals surface area contributed by atoms with Crippen molar-refractivity contribution in [3.63, 3.8) is 0 Å². The Morgan fingerprint density at radius 1 is 1.00 bits per heavy atom. The maximum atomic E-state index is 4.19. The van der Waals surface area contributed by atoms with E-state index in [2.05, 4.69) is 59.9 Å². The van der Waals surface area contributed by atoms with Gasteiger partial charge in [-0.05, 0) is 98.3 Å². The fourth-order valence-electron chi connectivity index (χ4n) is 4.68. The largest absolute Gasteiger partial charge is 0.0959 e. The van der Waals surface area contributed by atoms with Gasteiger partial charge >= 0.3 is 0 Å². The van der Waals surface area contributed by atoms with Crippen LogP contribution in [0.1, 0.15) is 101 Å². The predicted molar refractivity (Wildman–Crippen MR) is 117 cm³/mol. The molecule has 0 radical (unpaired) electrons. The van der Waals surface area contributed by atoms with Gasteiger partial charge in [0.1, 0.15) is 0 Å². The van der Waals surface area contributed by atoms with Gasteiger partial charge in [0.25, 0.3) is 0 Å². The third-order valence-electron chi connectivity index (χ3n) is 6.82. The van der Waals surface area contributed by atoms with Gasteiger partial charge in [0.05, 0.1) is 0 Å². The maximum absolute atomic E-state index is 4.19. The Kier molecular flexibility index (Phi) is 7.33. The summed E-state index contributed by atoms with van der Waals surface area (Å²) in [4.78, 5) is 0. The van der Waals surface area contributed by atoms with Crippen LogP contribution >= 0.6 is 0 Å². The zero-order chi connectivity index (χ0) is 19.3. The van der Waals surface area contributed by atoms with Crippen molar-refractivity contribution in [2.24, 2.45) is 5.41 Å². The smallest absolute Gasteiger partial charge is 0.0156 e. The molecule has 26 heavy (non-hydrogen) atoms. The van der Waals surface area contributed by atoms with Crippen molar-refractivity contribution in [1.29, 1.82) is 0 Å². The second-order valence-corrected chi connectivity index (χ2v) is 8.86. The van der Waals surface area contributed by atoms with Crippen LogP contribution in [0, 0.1) is 5.41 Å². The van der Waals surface area contributed by atoms with E-state index in [1.165, 1.54) is 56.1 Å². The normalized spacial score (nSPS) is 23.0. The third kappa shape index (κ3) is 4.90. The molecule has 0 nitrogen and oxygen atoms in total. The van der Waals surface area contributed by atoms with Crippen molar-refractivity contribution in [3.8, 4) is 0 Å². The standard InChI is InChI=1S/C26H40/c1-8-21-17-22(9-2)25(23(10-3)18-21)24-12-15-26(7,16-13-24)14-11-20(6)19(4)5/h17-18,24H,4,6,8-16H2,1-3,5,7H3. The van der Waals surface area contributed by atoms with E-state index in [1.54, 1.807) is 16.7 Å². The Morgan fingerprint density at radius 2 is 1.54 bits per heavy atom. The number of hydrogen-bond acceptors (Lipinski definition) is 0. The van der Waals surface area contributed by atoms with Crippen molar-refractivity contribution in [2.75, 3.05) is 0 Å². The van der Waals surface area contributed by atoms with Crippen molar-refractivity contribution in [3.05, 3.63) is 58.7 Å². The molecule has 0 heterocycles. The van der Waals surface area contributed by atoms with Crippen molar-refractivity contribution < 1.29 is 0 Å². The molecule has 0 atom stereocenters. The Morgan fingerprint density at radius 3 is 1.96 bits per heavy atom. The summed E-state index contributed by atoms with van der Waals surface area (Å²) < 4.78 is 0. The lowest BCUT2D eigenvalue weighted by atomic mass is 9.66. The van der Waals surface area contributed by atoms with Crippen molar-refractivity contribution in [1.82, 2.24) is 0 Å². The number of hydrogen-bond donors (Lipinski definition) is 0. The van der Waals surface area contributed by atoms with Gasteiger partial charge in [-0.2, -0.15) is 0 Å². The van der Waals surface area contributed by atoms with Gasteiger partial charge in [-0.1, -0.05) is 64.1 Å². The first-order valence-electron chi connectivity index (χ1n) is 10.8. The molecule has 1 aromatic rings. The molecule has 2 rings (SSSR count). The Hall–Kier alpha value is -1.30. The first kappa shape index (κ1) is 21.0. The van der Waals surface area contributed by atoms with Crippen molar-refractivity contribution >= 4 is 0 Å². The lowest BCUT2D eigenvalue weighted by Crippen LogP contribution is -2.25. The summed E-state index contributed by atoms with van der Waals surface area (Å²) in [5, 5.41) is 0. The van der Waals surface area contributed by atoms with E-state index in [9.17, 15) is 0 Å². The summed E-state index contributed by atoms with van der Waals surface area (Å²) >= 11 is 0. The first-order chi connectivity index (χ1) is 12.3. The third-order valence-corrected chi connectivity index (χ3v) is 6.82. The summed E-state index contributed by atoms with van der Waals surface area (Å²) in [5.41, 5.74) is 9.33. The van der Waals surface area contributed by atoms with Gasteiger partial charge in [0.15, 0.2) is 0 Å². The molecule has 0 aliphatic heterocycles. The molecule has 0 heteroatoms. The molecule has 0 aromatic heterocycles. The van der Waals surface area contributed by atoms with E-state index in [4.69, 9.17) is 0 Å². The SMILES string of the molecule is C=C(C)C(=C)CCC1(C)CCC(c2c(CC)cc(CC)cc2CC)CC1. The number of benzene rings is 1. The topological polar surface area (TPSA) is 0 Å².